The molecule has 6 nitrogen and oxygen atoms in total. The molecule has 118 valence electrons. The summed E-state index contributed by atoms with van der Waals surface area (Å²) in [6, 6.07) is -0.382. The van der Waals surface area contributed by atoms with Crippen LogP contribution in [-0.2, 0) is 19.1 Å². The molecule has 2 aliphatic rings. The number of hydrogen-bond donors (Lipinski definition) is 0. The minimum atomic E-state index is -0.487. The van der Waals surface area contributed by atoms with Crippen LogP contribution in [0.2, 0.25) is 0 Å². The molecule has 2 amide bonds. The molecular formula is C15H24N2O4. The second-order valence-electron chi connectivity index (χ2n) is 6.11. The monoisotopic (exact) mass is 296 g/mol. The number of carbonyl (C=O) groups is 3. The van der Waals surface area contributed by atoms with Crippen molar-refractivity contribution in [1.29, 1.82) is 0 Å². The molecule has 2 heterocycles. The summed E-state index contributed by atoms with van der Waals surface area (Å²) in [7, 11) is 1.35. The fourth-order valence-corrected chi connectivity index (χ4v) is 3.21. The summed E-state index contributed by atoms with van der Waals surface area (Å²) in [5.74, 6) is -0.741. The van der Waals surface area contributed by atoms with Gasteiger partial charge in [0.25, 0.3) is 0 Å². The van der Waals surface area contributed by atoms with Crippen LogP contribution in [0, 0.1) is 5.92 Å². The van der Waals surface area contributed by atoms with Gasteiger partial charge in [0.05, 0.1) is 13.0 Å². The summed E-state index contributed by atoms with van der Waals surface area (Å²) in [5.41, 5.74) is 0. The number of rotatable bonds is 3. The van der Waals surface area contributed by atoms with Crippen LogP contribution in [-0.4, -0.2) is 59.9 Å². The number of carbonyl (C=O) groups excluding carboxylic acids is 3. The SMILES string of the molecule is COC(=O)[C@H]1CCCCN1C(=O)C1CC(=O)N(C(C)C)C1. The molecule has 2 saturated heterocycles. The van der Waals surface area contributed by atoms with E-state index in [2.05, 4.69) is 0 Å². The second-order valence-corrected chi connectivity index (χ2v) is 6.11. The number of nitrogens with zero attached hydrogens (tertiary/aromatic N) is 2. The number of hydrogen-bond acceptors (Lipinski definition) is 4. The molecule has 0 aliphatic carbocycles. The number of methoxy groups -OCH3 is 1. The van der Waals surface area contributed by atoms with Gasteiger partial charge in [-0.3, -0.25) is 9.59 Å². The molecule has 0 spiro atoms. The van der Waals surface area contributed by atoms with E-state index in [4.69, 9.17) is 4.74 Å². The third-order valence-corrected chi connectivity index (χ3v) is 4.39. The third-order valence-electron chi connectivity index (χ3n) is 4.39. The molecule has 0 aromatic rings. The Morgan fingerprint density at radius 1 is 1.29 bits per heavy atom. The summed E-state index contributed by atoms with van der Waals surface area (Å²) in [6.45, 7) is 4.93. The van der Waals surface area contributed by atoms with Gasteiger partial charge in [-0.25, -0.2) is 4.79 Å². The van der Waals surface area contributed by atoms with Gasteiger partial charge in [-0.1, -0.05) is 0 Å². The van der Waals surface area contributed by atoms with Crippen LogP contribution >= 0.6 is 0 Å². The highest BCUT2D eigenvalue weighted by atomic mass is 16.5. The van der Waals surface area contributed by atoms with Crippen LogP contribution in [0.5, 0.6) is 0 Å². The van der Waals surface area contributed by atoms with E-state index in [1.807, 2.05) is 13.8 Å². The zero-order valence-corrected chi connectivity index (χ0v) is 13.0. The van der Waals surface area contributed by atoms with E-state index in [9.17, 15) is 14.4 Å². The van der Waals surface area contributed by atoms with Gasteiger partial charge < -0.3 is 14.5 Å². The number of esters is 1. The van der Waals surface area contributed by atoms with E-state index in [0.717, 1.165) is 12.8 Å². The Morgan fingerprint density at radius 3 is 2.57 bits per heavy atom. The molecule has 0 bridgehead atoms. The number of likely N-dealkylation sites (tertiary alicyclic amines) is 2. The van der Waals surface area contributed by atoms with Crippen LogP contribution < -0.4 is 0 Å². The van der Waals surface area contributed by atoms with Gasteiger partial charge in [-0.2, -0.15) is 0 Å². The van der Waals surface area contributed by atoms with Crippen molar-refractivity contribution in [2.24, 2.45) is 5.92 Å². The Bertz CT molecular complexity index is 435. The molecule has 0 radical (unpaired) electrons. The van der Waals surface area contributed by atoms with Gasteiger partial charge in [0.1, 0.15) is 6.04 Å². The molecular weight excluding hydrogens is 272 g/mol. The molecule has 2 rings (SSSR count). The van der Waals surface area contributed by atoms with E-state index < -0.39 is 6.04 Å². The largest absolute Gasteiger partial charge is 0.467 e. The Labute approximate surface area is 125 Å². The summed E-state index contributed by atoms with van der Waals surface area (Å²) < 4.78 is 4.80. The molecule has 21 heavy (non-hydrogen) atoms. The maximum absolute atomic E-state index is 12.7. The highest BCUT2D eigenvalue weighted by Gasteiger charge is 2.41. The Balaban J connectivity index is 2.08. The Hall–Kier alpha value is -1.59. The zero-order chi connectivity index (χ0) is 15.6. The van der Waals surface area contributed by atoms with Crippen molar-refractivity contribution in [3.63, 3.8) is 0 Å². The third kappa shape index (κ3) is 3.19. The Kier molecular flexibility index (Phi) is 4.85. The summed E-state index contributed by atoms with van der Waals surface area (Å²) >= 11 is 0. The van der Waals surface area contributed by atoms with Crippen molar-refractivity contribution in [3.8, 4) is 0 Å². The average molecular weight is 296 g/mol. The van der Waals surface area contributed by atoms with Gasteiger partial charge in [0, 0.05) is 25.6 Å². The minimum absolute atomic E-state index is 0.0231. The normalized spacial score (nSPS) is 26.4. The molecule has 2 aliphatic heterocycles. The fraction of sp³-hybridized carbons (Fsp3) is 0.800. The van der Waals surface area contributed by atoms with Gasteiger partial charge in [-0.15, -0.1) is 0 Å². The lowest BCUT2D eigenvalue weighted by molar-refractivity contribution is -0.156. The maximum Gasteiger partial charge on any atom is 0.328 e. The molecule has 0 aromatic carbocycles. The zero-order valence-electron chi connectivity index (χ0n) is 13.0. The summed E-state index contributed by atoms with van der Waals surface area (Å²) in [6.07, 6.45) is 2.72. The topological polar surface area (TPSA) is 66.9 Å². The van der Waals surface area contributed by atoms with Crippen LogP contribution in [0.3, 0.4) is 0 Å². The quantitative estimate of drug-likeness (QED) is 0.722. The minimum Gasteiger partial charge on any atom is -0.467 e. The molecule has 2 fully saturated rings. The van der Waals surface area contributed by atoms with Gasteiger partial charge in [0.15, 0.2) is 0 Å². The average Bonchev–Trinajstić information content (AvgIpc) is 2.88. The van der Waals surface area contributed by atoms with Crippen molar-refractivity contribution < 1.29 is 19.1 Å². The molecule has 0 N–H and O–H groups in total. The lowest BCUT2D eigenvalue weighted by atomic mass is 9.98. The van der Waals surface area contributed by atoms with E-state index in [1.165, 1.54) is 7.11 Å². The van der Waals surface area contributed by atoms with Crippen LogP contribution in [0.4, 0.5) is 0 Å². The fourth-order valence-electron chi connectivity index (χ4n) is 3.21. The van der Waals surface area contributed by atoms with Crippen molar-refractivity contribution in [2.45, 2.75) is 51.6 Å². The van der Waals surface area contributed by atoms with Crippen LogP contribution in [0.15, 0.2) is 0 Å². The summed E-state index contributed by atoms with van der Waals surface area (Å²) in [4.78, 5) is 39.8. The van der Waals surface area contributed by atoms with Crippen LogP contribution in [0.1, 0.15) is 39.5 Å². The predicted octanol–water partition coefficient (Wildman–Crippen LogP) is 0.797. The van der Waals surface area contributed by atoms with E-state index >= 15 is 0 Å². The lowest BCUT2D eigenvalue weighted by Gasteiger charge is -2.35. The second kappa shape index (κ2) is 6.45. The first-order valence-corrected chi connectivity index (χ1v) is 7.63. The molecule has 1 unspecified atom stereocenters. The van der Waals surface area contributed by atoms with E-state index in [1.54, 1.807) is 9.80 Å². The van der Waals surface area contributed by atoms with Gasteiger partial charge >= 0.3 is 5.97 Å². The molecule has 0 aromatic heterocycles. The first kappa shape index (κ1) is 15.8. The van der Waals surface area contributed by atoms with Gasteiger partial charge in [-0.05, 0) is 33.1 Å². The van der Waals surface area contributed by atoms with Crippen molar-refractivity contribution in [1.82, 2.24) is 9.80 Å². The van der Waals surface area contributed by atoms with Crippen molar-refractivity contribution in [2.75, 3.05) is 20.2 Å². The molecule has 6 heteroatoms. The predicted molar refractivity (Wildman–Crippen MR) is 76.3 cm³/mol. The highest BCUT2D eigenvalue weighted by Crippen LogP contribution is 2.26. The van der Waals surface area contributed by atoms with E-state index in [0.29, 0.717) is 19.5 Å². The highest BCUT2D eigenvalue weighted by molar-refractivity contribution is 5.91. The number of ether oxygens (including phenoxy) is 1. The smallest absolute Gasteiger partial charge is 0.328 e. The standard InChI is InChI=1S/C15H24N2O4/c1-10(2)17-9-11(8-13(17)18)14(19)16-7-5-4-6-12(16)15(20)21-3/h10-12H,4-9H2,1-3H3/t11?,12-/m1/s1. The maximum atomic E-state index is 12.7. The lowest BCUT2D eigenvalue weighted by Crippen LogP contribution is -2.51. The Morgan fingerprint density at radius 2 is 2.00 bits per heavy atom. The van der Waals surface area contributed by atoms with Crippen molar-refractivity contribution in [3.05, 3.63) is 0 Å². The molecule has 2 atom stereocenters. The number of amides is 2. The first-order valence-electron chi connectivity index (χ1n) is 7.63. The van der Waals surface area contributed by atoms with Gasteiger partial charge in [0.2, 0.25) is 11.8 Å². The summed E-state index contributed by atoms with van der Waals surface area (Å²) in [5, 5.41) is 0. The first-order chi connectivity index (χ1) is 9.95. The molecule has 0 saturated carbocycles. The number of piperidine rings is 1. The van der Waals surface area contributed by atoms with E-state index in [-0.39, 0.29) is 36.2 Å². The van der Waals surface area contributed by atoms with Crippen molar-refractivity contribution >= 4 is 17.8 Å². The van der Waals surface area contributed by atoms with Crippen LogP contribution in [0.25, 0.3) is 0 Å².